The van der Waals surface area contributed by atoms with Crippen LogP contribution in [0.4, 0.5) is 16.2 Å². The SMILES string of the molecule is COC(=O)C1=C(C)N(C)C(=S)N[C@H]1c1ccc(NC(=O)Nc2cccc(C)c2C)cc1. The first-order valence-corrected chi connectivity index (χ1v) is 10.2. The Hall–Kier alpha value is -3.39. The quantitative estimate of drug-likeness (QED) is 0.489. The summed E-state index contributed by atoms with van der Waals surface area (Å²) >= 11 is 5.39. The van der Waals surface area contributed by atoms with Crippen LogP contribution >= 0.6 is 12.2 Å². The van der Waals surface area contributed by atoms with Gasteiger partial charge in [0.15, 0.2) is 5.11 Å². The fourth-order valence-electron chi connectivity index (χ4n) is 3.39. The Kier molecular flexibility index (Phi) is 6.60. The van der Waals surface area contributed by atoms with Crippen LogP contribution in [0.5, 0.6) is 0 Å². The predicted octanol–water partition coefficient (Wildman–Crippen LogP) is 4.26. The molecule has 2 aromatic rings. The number of rotatable bonds is 4. The van der Waals surface area contributed by atoms with Crippen molar-refractivity contribution in [2.75, 3.05) is 24.8 Å². The van der Waals surface area contributed by atoms with Crippen molar-refractivity contribution in [3.8, 4) is 0 Å². The number of anilines is 2. The summed E-state index contributed by atoms with van der Waals surface area (Å²) in [6.45, 7) is 5.80. The molecule has 0 fully saturated rings. The van der Waals surface area contributed by atoms with Crippen LogP contribution in [0.1, 0.15) is 29.7 Å². The van der Waals surface area contributed by atoms with Gasteiger partial charge in [0.1, 0.15) is 0 Å². The number of urea groups is 1. The zero-order valence-electron chi connectivity index (χ0n) is 18.2. The van der Waals surface area contributed by atoms with Gasteiger partial charge < -0.3 is 25.6 Å². The largest absolute Gasteiger partial charge is 0.466 e. The Morgan fingerprint density at radius 1 is 1.06 bits per heavy atom. The Morgan fingerprint density at radius 3 is 2.39 bits per heavy atom. The number of allylic oxidation sites excluding steroid dienone is 1. The van der Waals surface area contributed by atoms with Crippen molar-refractivity contribution in [1.29, 1.82) is 0 Å². The molecule has 0 spiro atoms. The zero-order valence-corrected chi connectivity index (χ0v) is 19.0. The zero-order chi connectivity index (χ0) is 22.7. The highest BCUT2D eigenvalue weighted by Crippen LogP contribution is 2.31. The van der Waals surface area contributed by atoms with E-state index in [9.17, 15) is 9.59 Å². The number of nitrogens with zero attached hydrogens (tertiary/aromatic N) is 1. The molecule has 3 rings (SSSR count). The van der Waals surface area contributed by atoms with Gasteiger partial charge in [-0.2, -0.15) is 0 Å². The molecule has 8 heteroatoms. The number of methoxy groups -OCH3 is 1. The number of hydrogen-bond donors (Lipinski definition) is 3. The number of aryl methyl sites for hydroxylation is 1. The molecule has 0 unspecified atom stereocenters. The molecule has 0 bridgehead atoms. The number of amides is 2. The molecular formula is C23H26N4O3S. The van der Waals surface area contributed by atoms with Gasteiger partial charge >= 0.3 is 12.0 Å². The van der Waals surface area contributed by atoms with E-state index in [0.717, 1.165) is 28.1 Å². The molecule has 2 amide bonds. The lowest BCUT2D eigenvalue weighted by molar-refractivity contribution is -0.136. The second-order valence-corrected chi connectivity index (χ2v) is 7.77. The average Bonchev–Trinajstić information content (AvgIpc) is 2.75. The second-order valence-electron chi connectivity index (χ2n) is 7.38. The average molecular weight is 439 g/mol. The lowest BCUT2D eigenvalue weighted by Crippen LogP contribution is -2.46. The maximum Gasteiger partial charge on any atom is 0.337 e. The topological polar surface area (TPSA) is 82.7 Å². The number of carbonyl (C=O) groups is 2. The Bertz CT molecular complexity index is 1060. The van der Waals surface area contributed by atoms with Crippen LogP contribution in [0.2, 0.25) is 0 Å². The third-order valence-corrected chi connectivity index (χ3v) is 5.91. The van der Waals surface area contributed by atoms with Crippen molar-refractivity contribution in [3.05, 3.63) is 70.4 Å². The first-order valence-electron chi connectivity index (χ1n) is 9.80. The molecule has 0 aromatic heterocycles. The van der Waals surface area contributed by atoms with Crippen LogP contribution in [-0.2, 0) is 9.53 Å². The van der Waals surface area contributed by atoms with Crippen LogP contribution in [0.3, 0.4) is 0 Å². The van der Waals surface area contributed by atoms with E-state index in [1.165, 1.54) is 7.11 Å². The lowest BCUT2D eigenvalue weighted by Gasteiger charge is -2.35. The van der Waals surface area contributed by atoms with Gasteiger partial charge in [-0.3, -0.25) is 0 Å². The minimum absolute atomic E-state index is 0.328. The van der Waals surface area contributed by atoms with E-state index in [4.69, 9.17) is 17.0 Å². The summed E-state index contributed by atoms with van der Waals surface area (Å²) in [5.74, 6) is -0.417. The fraction of sp³-hybridized carbons (Fsp3) is 0.261. The summed E-state index contributed by atoms with van der Waals surface area (Å²) in [6.07, 6.45) is 0. The first kappa shape index (κ1) is 22.3. The number of esters is 1. The normalized spacial score (nSPS) is 16.0. The number of hydrogen-bond acceptors (Lipinski definition) is 4. The number of benzene rings is 2. The Morgan fingerprint density at radius 2 is 1.74 bits per heavy atom. The molecule has 1 aliphatic rings. The minimum Gasteiger partial charge on any atom is -0.466 e. The highest BCUT2D eigenvalue weighted by atomic mass is 32.1. The summed E-state index contributed by atoms with van der Waals surface area (Å²) in [7, 11) is 3.15. The van der Waals surface area contributed by atoms with E-state index in [0.29, 0.717) is 16.4 Å². The van der Waals surface area contributed by atoms with Crippen molar-refractivity contribution < 1.29 is 14.3 Å². The Balaban J connectivity index is 1.77. The van der Waals surface area contributed by atoms with Crippen LogP contribution in [-0.4, -0.2) is 36.2 Å². The van der Waals surface area contributed by atoms with Gasteiger partial charge in [0.2, 0.25) is 0 Å². The van der Waals surface area contributed by atoms with E-state index in [1.807, 2.05) is 51.1 Å². The molecule has 0 aliphatic carbocycles. The molecule has 0 saturated heterocycles. The standard InChI is InChI=1S/C23H26N4O3S/c1-13-7-6-8-18(14(13)2)25-22(29)24-17-11-9-16(10-12-17)20-19(21(28)30-5)15(3)27(4)23(31)26-20/h6-12,20H,1-5H3,(H,26,31)(H2,24,25,29)/t20-/m0/s1. The van der Waals surface area contributed by atoms with Gasteiger partial charge in [0.25, 0.3) is 0 Å². The molecule has 3 N–H and O–H groups in total. The summed E-state index contributed by atoms with van der Waals surface area (Å²) in [4.78, 5) is 26.5. The smallest absolute Gasteiger partial charge is 0.337 e. The summed E-state index contributed by atoms with van der Waals surface area (Å²) < 4.78 is 4.97. The van der Waals surface area contributed by atoms with Crippen LogP contribution in [0.15, 0.2) is 53.7 Å². The molecule has 1 heterocycles. The van der Waals surface area contributed by atoms with E-state index < -0.39 is 12.0 Å². The minimum atomic E-state index is -0.436. The molecule has 2 aromatic carbocycles. The molecule has 0 saturated carbocycles. The van der Waals surface area contributed by atoms with Crippen LogP contribution in [0, 0.1) is 13.8 Å². The maximum atomic E-state index is 12.4. The van der Waals surface area contributed by atoms with Crippen molar-refractivity contribution in [2.24, 2.45) is 0 Å². The van der Waals surface area contributed by atoms with Gasteiger partial charge in [-0.1, -0.05) is 24.3 Å². The monoisotopic (exact) mass is 438 g/mol. The van der Waals surface area contributed by atoms with Crippen molar-refractivity contribution in [1.82, 2.24) is 10.2 Å². The molecular weight excluding hydrogens is 412 g/mol. The van der Waals surface area contributed by atoms with Gasteiger partial charge in [-0.25, -0.2) is 9.59 Å². The van der Waals surface area contributed by atoms with Crippen LogP contribution in [0.25, 0.3) is 0 Å². The number of thiocarbonyl (C=S) groups is 1. The third kappa shape index (κ3) is 4.69. The van der Waals surface area contributed by atoms with E-state index in [-0.39, 0.29) is 6.03 Å². The first-order chi connectivity index (χ1) is 14.7. The van der Waals surface area contributed by atoms with E-state index in [2.05, 4.69) is 16.0 Å². The highest BCUT2D eigenvalue weighted by Gasteiger charge is 2.33. The number of carbonyl (C=O) groups excluding carboxylic acids is 2. The second kappa shape index (κ2) is 9.18. The molecule has 7 nitrogen and oxygen atoms in total. The van der Waals surface area contributed by atoms with Crippen LogP contribution < -0.4 is 16.0 Å². The maximum absolute atomic E-state index is 12.4. The molecule has 162 valence electrons. The summed E-state index contributed by atoms with van der Waals surface area (Å²) in [5.41, 5.74) is 5.58. The van der Waals surface area contributed by atoms with Gasteiger partial charge in [0.05, 0.1) is 18.7 Å². The Labute approximate surface area is 187 Å². The molecule has 31 heavy (non-hydrogen) atoms. The summed E-state index contributed by atoms with van der Waals surface area (Å²) in [5, 5.41) is 9.40. The lowest BCUT2D eigenvalue weighted by atomic mass is 9.95. The highest BCUT2D eigenvalue weighted by molar-refractivity contribution is 7.80. The van der Waals surface area contributed by atoms with Crippen molar-refractivity contribution in [2.45, 2.75) is 26.8 Å². The van der Waals surface area contributed by atoms with Crippen molar-refractivity contribution in [3.63, 3.8) is 0 Å². The number of ether oxygens (including phenoxy) is 1. The van der Waals surface area contributed by atoms with E-state index >= 15 is 0 Å². The molecule has 0 radical (unpaired) electrons. The third-order valence-electron chi connectivity index (χ3n) is 5.51. The van der Waals surface area contributed by atoms with E-state index in [1.54, 1.807) is 24.1 Å². The predicted molar refractivity (Wildman–Crippen MR) is 126 cm³/mol. The molecule has 1 aliphatic heterocycles. The summed E-state index contributed by atoms with van der Waals surface area (Å²) in [6, 6.07) is 12.3. The van der Waals surface area contributed by atoms with Gasteiger partial charge in [0, 0.05) is 24.1 Å². The van der Waals surface area contributed by atoms with Crippen molar-refractivity contribution >= 4 is 40.7 Å². The van der Waals surface area contributed by atoms with Gasteiger partial charge in [-0.05, 0) is 67.9 Å². The van der Waals surface area contributed by atoms with Gasteiger partial charge in [-0.15, -0.1) is 0 Å². The fourth-order valence-corrected chi connectivity index (χ4v) is 3.64. The molecule has 1 atom stereocenters. The number of nitrogens with one attached hydrogen (secondary N) is 3.